The highest BCUT2D eigenvalue weighted by molar-refractivity contribution is 4.82. The van der Waals surface area contributed by atoms with E-state index >= 15 is 0 Å². The van der Waals surface area contributed by atoms with Crippen molar-refractivity contribution >= 4 is 0 Å². The molecule has 1 fully saturated rings. The van der Waals surface area contributed by atoms with E-state index in [0.717, 1.165) is 12.0 Å². The lowest BCUT2D eigenvalue weighted by Gasteiger charge is -2.41. The Morgan fingerprint density at radius 1 is 1.40 bits per heavy atom. The van der Waals surface area contributed by atoms with E-state index in [9.17, 15) is 0 Å². The number of piperidine rings is 1. The molecule has 1 saturated heterocycles. The lowest BCUT2D eigenvalue weighted by atomic mass is 9.90. The van der Waals surface area contributed by atoms with Crippen molar-refractivity contribution in [2.45, 2.75) is 65.0 Å². The van der Waals surface area contributed by atoms with Crippen molar-refractivity contribution in [2.24, 2.45) is 5.92 Å². The van der Waals surface area contributed by atoms with Crippen molar-refractivity contribution < 1.29 is 0 Å². The topological polar surface area (TPSA) is 3.24 Å². The quantitative estimate of drug-likeness (QED) is 0.491. The second-order valence-corrected chi connectivity index (χ2v) is 5.35. The molecule has 1 heterocycles. The van der Waals surface area contributed by atoms with Gasteiger partial charge in [0.2, 0.25) is 0 Å². The second kappa shape index (κ2) is 6.32. The molecule has 0 aliphatic carbocycles. The fraction of sp³-hybridized carbons (Fsp3) is 0.857. The summed E-state index contributed by atoms with van der Waals surface area (Å²) in [4.78, 5) is 2.71. The van der Waals surface area contributed by atoms with Gasteiger partial charge in [-0.3, -0.25) is 4.90 Å². The van der Waals surface area contributed by atoms with Gasteiger partial charge in [0.1, 0.15) is 0 Å². The third kappa shape index (κ3) is 3.98. The van der Waals surface area contributed by atoms with E-state index < -0.39 is 0 Å². The Morgan fingerprint density at radius 2 is 2.13 bits per heavy atom. The van der Waals surface area contributed by atoms with Crippen LogP contribution in [-0.2, 0) is 0 Å². The minimum absolute atomic E-state index is 0.710. The average molecular weight is 209 g/mol. The molecular weight excluding hydrogens is 182 g/mol. The van der Waals surface area contributed by atoms with Gasteiger partial charge in [-0.1, -0.05) is 13.0 Å². The van der Waals surface area contributed by atoms with Crippen LogP contribution >= 0.6 is 0 Å². The molecule has 0 spiro atoms. The Balaban J connectivity index is 2.41. The number of allylic oxidation sites excluding steroid dienone is 1. The Bertz CT molecular complexity index is 186. The SMILES string of the molecule is C=CCCCC1CCC(C)CN1C(C)C. The molecule has 0 amide bonds. The highest BCUT2D eigenvalue weighted by atomic mass is 15.2. The van der Waals surface area contributed by atoms with E-state index in [-0.39, 0.29) is 0 Å². The van der Waals surface area contributed by atoms with Gasteiger partial charge >= 0.3 is 0 Å². The lowest BCUT2D eigenvalue weighted by molar-refractivity contribution is 0.0758. The number of hydrogen-bond acceptors (Lipinski definition) is 1. The van der Waals surface area contributed by atoms with Gasteiger partial charge < -0.3 is 0 Å². The van der Waals surface area contributed by atoms with Crippen molar-refractivity contribution in [1.29, 1.82) is 0 Å². The summed E-state index contributed by atoms with van der Waals surface area (Å²) < 4.78 is 0. The molecule has 0 N–H and O–H groups in total. The minimum Gasteiger partial charge on any atom is -0.298 e. The van der Waals surface area contributed by atoms with Crippen LogP contribution in [0.4, 0.5) is 0 Å². The van der Waals surface area contributed by atoms with Crippen LogP contribution in [0.1, 0.15) is 52.9 Å². The maximum Gasteiger partial charge on any atom is 0.00982 e. The van der Waals surface area contributed by atoms with Gasteiger partial charge in [-0.25, -0.2) is 0 Å². The lowest BCUT2D eigenvalue weighted by Crippen LogP contribution is -2.46. The van der Waals surface area contributed by atoms with E-state index in [1.165, 1.54) is 38.6 Å². The predicted octanol–water partition coefficient (Wildman–Crippen LogP) is 3.85. The molecule has 1 rings (SSSR count). The first-order valence-corrected chi connectivity index (χ1v) is 6.51. The van der Waals surface area contributed by atoms with E-state index in [1.807, 2.05) is 6.08 Å². The minimum atomic E-state index is 0.710. The van der Waals surface area contributed by atoms with Crippen molar-refractivity contribution in [1.82, 2.24) is 4.90 Å². The Labute approximate surface area is 95.5 Å². The first-order chi connectivity index (χ1) is 7.15. The fourth-order valence-corrected chi connectivity index (χ4v) is 2.68. The molecule has 15 heavy (non-hydrogen) atoms. The van der Waals surface area contributed by atoms with E-state index in [1.54, 1.807) is 0 Å². The highest BCUT2D eigenvalue weighted by Crippen LogP contribution is 2.26. The van der Waals surface area contributed by atoms with Gasteiger partial charge in [0.15, 0.2) is 0 Å². The summed E-state index contributed by atoms with van der Waals surface area (Å²) in [6.45, 7) is 12.1. The van der Waals surface area contributed by atoms with Crippen molar-refractivity contribution in [3.63, 3.8) is 0 Å². The Hall–Kier alpha value is -0.300. The van der Waals surface area contributed by atoms with E-state index in [2.05, 4.69) is 32.3 Å². The van der Waals surface area contributed by atoms with Crippen LogP contribution in [0.5, 0.6) is 0 Å². The van der Waals surface area contributed by atoms with Gasteiger partial charge in [0.25, 0.3) is 0 Å². The second-order valence-electron chi connectivity index (χ2n) is 5.35. The molecule has 0 bridgehead atoms. The molecule has 1 nitrogen and oxygen atoms in total. The van der Waals surface area contributed by atoms with Gasteiger partial charge in [0, 0.05) is 18.6 Å². The molecular formula is C14H27N. The molecule has 0 aromatic rings. The van der Waals surface area contributed by atoms with Gasteiger partial charge in [0.05, 0.1) is 0 Å². The normalized spacial score (nSPS) is 28.3. The van der Waals surface area contributed by atoms with Crippen LogP contribution in [0.2, 0.25) is 0 Å². The molecule has 2 atom stereocenters. The third-order valence-corrected chi connectivity index (χ3v) is 3.59. The summed E-state index contributed by atoms with van der Waals surface area (Å²) in [5.74, 6) is 0.892. The first-order valence-electron chi connectivity index (χ1n) is 6.51. The van der Waals surface area contributed by atoms with Crippen LogP contribution in [0, 0.1) is 5.92 Å². The summed E-state index contributed by atoms with van der Waals surface area (Å²) in [6.07, 6.45) is 8.71. The van der Waals surface area contributed by atoms with Crippen molar-refractivity contribution in [3.8, 4) is 0 Å². The number of likely N-dealkylation sites (tertiary alicyclic amines) is 1. The van der Waals surface area contributed by atoms with Gasteiger partial charge in [-0.15, -0.1) is 6.58 Å². The predicted molar refractivity (Wildman–Crippen MR) is 68.1 cm³/mol. The molecule has 0 aromatic heterocycles. The summed E-state index contributed by atoms with van der Waals surface area (Å²) in [7, 11) is 0. The Kier molecular flexibility index (Phi) is 5.38. The summed E-state index contributed by atoms with van der Waals surface area (Å²) in [5, 5.41) is 0. The van der Waals surface area contributed by atoms with Crippen LogP contribution in [0.15, 0.2) is 12.7 Å². The standard InChI is InChI=1S/C14H27N/c1-5-6-7-8-14-10-9-13(4)11-15(14)12(2)3/h5,12-14H,1,6-11H2,2-4H3. The zero-order valence-corrected chi connectivity index (χ0v) is 10.7. The molecule has 1 aliphatic rings. The molecule has 0 radical (unpaired) electrons. The number of hydrogen-bond donors (Lipinski definition) is 0. The third-order valence-electron chi connectivity index (χ3n) is 3.59. The van der Waals surface area contributed by atoms with Crippen LogP contribution in [0.3, 0.4) is 0 Å². The fourth-order valence-electron chi connectivity index (χ4n) is 2.68. The van der Waals surface area contributed by atoms with Gasteiger partial charge in [-0.05, 0) is 51.9 Å². The van der Waals surface area contributed by atoms with E-state index in [4.69, 9.17) is 0 Å². The molecule has 1 aliphatic heterocycles. The summed E-state index contributed by atoms with van der Waals surface area (Å²) >= 11 is 0. The van der Waals surface area contributed by atoms with Crippen LogP contribution < -0.4 is 0 Å². The van der Waals surface area contributed by atoms with Crippen LogP contribution in [-0.4, -0.2) is 23.5 Å². The maximum absolute atomic E-state index is 3.80. The monoisotopic (exact) mass is 209 g/mol. The zero-order valence-electron chi connectivity index (χ0n) is 10.7. The molecule has 0 aromatic carbocycles. The zero-order chi connectivity index (χ0) is 11.3. The first kappa shape index (κ1) is 12.8. The smallest absolute Gasteiger partial charge is 0.00982 e. The largest absolute Gasteiger partial charge is 0.298 e. The van der Waals surface area contributed by atoms with Crippen LogP contribution in [0.25, 0.3) is 0 Å². The number of unbranched alkanes of at least 4 members (excludes halogenated alkanes) is 1. The number of nitrogens with zero attached hydrogens (tertiary/aromatic N) is 1. The van der Waals surface area contributed by atoms with E-state index in [0.29, 0.717) is 6.04 Å². The average Bonchev–Trinajstić information content (AvgIpc) is 2.20. The Morgan fingerprint density at radius 3 is 2.73 bits per heavy atom. The van der Waals surface area contributed by atoms with Gasteiger partial charge in [-0.2, -0.15) is 0 Å². The van der Waals surface area contributed by atoms with Crippen molar-refractivity contribution in [3.05, 3.63) is 12.7 Å². The molecule has 88 valence electrons. The summed E-state index contributed by atoms with van der Waals surface area (Å²) in [6, 6.07) is 1.54. The van der Waals surface area contributed by atoms with Crippen molar-refractivity contribution in [2.75, 3.05) is 6.54 Å². The molecule has 0 saturated carbocycles. The highest BCUT2D eigenvalue weighted by Gasteiger charge is 2.27. The molecule has 1 heteroatoms. The maximum atomic E-state index is 3.80. The summed E-state index contributed by atoms with van der Waals surface area (Å²) in [5.41, 5.74) is 0. The number of rotatable bonds is 5. The molecule has 2 unspecified atom stereocenters.